The van der Waals surface area contributed by atoms with Crippen LogP contribution in [0.2, 0.25) is 10.0 Å². The summed E-state index contributed by atoms with van der Waals surface area (Å²) in [5.74, 6) is 0.778. The molecule has 0 fully saturated rings. The first-order valence-corrected chi connectivity index (χ1v) is 8.69. The zero-order chi connectivity index (χ0) is 17.1. The fourth-order valence-corrected chi connectivity index (χ4v) is 3.24. The molecule has 0 aliphatic carbocycles. The average molecular weight is 382 g/mol. The van der Waals surface area contributed by atoms with Crippen LogP contribution in [0.3, 0.4) is 0 Å². The molecule has 2 amide bonds. The number of carbonyl (C=O) groups is 1. The first-order chi connectivity index (χ1) is 11.5. The number of fused-ring (bicyclic) bond motifs is 1. The topological polar surface area (TPSA) is 63.2 Å². The number of ether oxygens (including phenoxy) is 1. The first kappa shape index (κ1) is 16.8. The summed E-state index contributed by atoms with van der Waals surface area (Å²) >= 11 is 13.1. The zero-order valence-corrected chi connectivity index (χ0v) is 14.9. The Morgan fingerprint density at radius 1 is 1.17 bits per heavy atom. The minimum atomic E-state index is -0.405. The van der Waals surface area contributed by atoms with Gasteiger partial charge in [-0.3, -0.25) is 5.32 Å². The predicted molar refractivity (Wildman–Crippen MR) is 99.9 cm³/mol. The Labute approximate surface area is 152 Å². The highest BCUT2D eigenvalue weighted by molar-refractivity contribution is 7.22. The molecule has 3 aromatic rings. The number of urea groups is 1. The number of rotatable bonds is 4. The van der Waals surface area contributed by atoms with Crippen LogP contribution >= 0.6 is 34.5 Å². The highest BCUT2D eigenvalue weighted by atomic mass is 35.5. The summed E-state index contributed by atoms with van der Waals surface area (Å²) in [7, 11) is 0. The molecule has 1 aromatic heterocycles. The van der Waals surface area contributed by atoms with Gasteiger partial charge in [0.15, 0.2) is 5.13 Å². The molecule has 8 heteroatoms. The van der Waals surface area contributed by atoms with Crippen LogP contribution < -0.4 is 15.4 Å². The van der Waals surface area contributed by atoms with E-state index in [-0.39, 0.29) is 0 Å². The second-order valence-corrected chi connectivity index (χ2v) is 6.63. The molecule has 0 saturated carbocycles. The molecule has 0 radical (unpaired) electrons. The van der Waals surface area contributed by atoms with Gasteiger partial charge in [-0.1, -0.05) is 34.5 Å². The Morgan fingerprint density at radius 3 is 2.75 bits per heavy atom. The Kier molecular flexibility index (Phi) is 5.08. The van der Waals surface area contributed by atoms with E-state index in [4.69, 9.17) is 27.9 Å². The number of halogens is 2. The monoisotopic (exact) mass is 381 g/mol. The van der Waals surface area contributed by atoms with Crippen molar-refractivity contribution in [1.82, 2.24) is 4.98 Å². The molecule has 0 saturated heterocycles. The maximum atomic E-state index is 12.1. The van der Waals surface area contributed by atoms with Crippen molar-refractivity contribution in [2.45, 2.75) is 6.92 Å². The van der Waals surface area contributed by atoms with E-state index in [1.807, 2.05) is 25.1 Å². The van der Waals surface area contributed by atoms with Gasteiger partial charge < -0.3 is 10.1 Å². The van der Waals surface area contributed by atoms with E-state index in [9.17, 15) is 4.79 Å². The number of aromatic nitrogens is 1. The molecular weight excluding hydrogens is 369 g/mol. The molecule has 0 unspecified atom stereocenters. The lowest BCUT2D eigenvalue weighted by molar-refractivity contribution is 0.262. The summed E-state index contributed by atoms with van der Waals surface area (Å²) < 4.78 is 6.40. The molecule has 0 aliphatic heterocycles. The van der Waals surface area contributed by atoms with Gasteiger partial charge in [0, 0.05) is 5.69 Å². The van der Waals surface area contributed by atoms with Crippen LogP contribution in [-0.4, -0.2) is 17.6 Å². The van der Waals surface area contributed by atoms with Gasteiger partial charge in [-0.2, -0.15) is 0 Å². The van der Waals surface area contributed by atoms with Gasteiger partial charge in [-0.05, 0) is 43.3 Å². The quantitative estimate of drug-likeness (QED) is 0.613. The SMILES string of the molecule is CCOc1ccc2nc(NC(=O)Nc3ccc(Cl)c(Cl)c3)sc2c1. The summed E-state index contributed by atoms with van der Waals surface area (Å²) in [6.07, 6.45) is 0. The van der Waals surface area contributed by atoms with Crippen LogP contribution in [-0.2, 0) is 0 Å². The molecule has 2 aromatic carbocycles. The molecule has 24 heavy (non-hydrogen) atoms. The maximum Gasteiger partial charge on any atom is 0.325 e. The smallest absolute Gasteiger partial charge is 0.325 e. The van der Waals surface area contributed by atoms with Crippen molar-refractivity contribution in [3.05, 3.63) is 46.4 Å². The Balaban J connectivity index is 1.71. The summed E-state index contributed by atoms with van der Waals surface area (Å²) in [6.45, 7) is 2.53. The van der Waals surface area contributed by atoms with Crippen molar-refractivity contribution in [3.63, 3.8) is 0 Å². The lowest BCUT2D eigenvalue weighted by Crippen LogP contribution is -2.19. The first-order valence-electron chi connectivity index (χ1n) is 7.11. The van der Waals surface area contributed by atoms with E-state index in [2.05, 4.69) is 15.6 Å². The zero-order valence-electron chi connectivity index (χ0n) is 12.6. The Bertz CT molecular complexity index is 898. The number of hydrogen-bond donors (Lipinski definition) is 2. The fourth-order valence-electron chi connectivity index (χ4n) is 2.05. The number of hydrogen-bond acceptors (Lipinski definition) is 4. The molecular formula is C16H13Cl2N3O2S. The Morgan fingerprint density at radius 2 is 2.00 bits per heavy atom. The van der Waals surface area contributed by atoms with Crippen molar-refractivity contribution in [2.24, 2.45) is 0 Å². The minimum Gasteiger partial charge on any atom is -0.494 e. The number of nitrogens with one attached hydrogen (secondary N) is 2. The molecule has 0 atom stereocenters. The van der Waals surface area contributed by atoms with Gasteiger partial charge in [0.1, 0.15) is 5.75 Å². The molecule has 3 rings (SSSR count). The predicted octanol–water partition coefficient (Wildman–Crippen LogP) is 5.65. The lowest BCUT2D eigenvalue weighted by atomic mass is 10.3. The second kappa shape index (κ2) is 7.25. The van der Waals surface area contributed by atoms with E-state index >= 15 is 0 Å². The van der Waals surface area contributed by atoms with Crippen molar-refractivity contribution in [1.29, 1.82) is 0 Å². The van der Waals surface area contributed by atoms with Gasteiger partial charge >= 0.3 is 6.03 Å². The third-order valence-electron chi connectivity index (χ3n) is 3.07. The largest absolute Gasteiger partial charge is 0.494 e. The van der Waals surface area contributed by atoms with Crippen LogP contribution in [0.1, 0.15) is 6.92 Å². The average Bonchev–Trinajstić information content (AvgIpc) is 2.92. The van der Waals surface area contributed by atoms with Crippen molar-refractivity contribution >= 4 is 61.6 Å². The third-order valence-corrected chi connectivity index (χ3v) is 4.74. The highest BCUT2D eigenvalue weighted by Crippen LogP contribution is 2.29. The summed E-state index contributed by atoms with van der Waals surface area (Å²) in [5.41, 5.74) is 1.34. The van der Waals surface area contributed by atoms with Crippen LogP contribution in [0.5, 0.6) is 5.75 Å². The molecule has 1 heterocycles. The standard InChI is InChI=1S/C16H13Cl2N3O2S/c1-2-23-10-4-6-13-14(8-10)24-16(20-13)21-15(22)19-9-3-5-11(17)12(18)7-9/h3-8H,2H2,1H3,(H2,19,20,21,22). The van der Waals surface area contributed by atoms with E-state index < -0.39 is 6.03 Å². The second-order valence-electron chi connectivity index (χ2n) is 4.79. The number of thiazole rings is 1. The van der Waals surface area contributed by atoms with E-state index in [0.717, 1.165) is 16.0 Å². The highest BCUT2D eigenvalue weighted by Gasteiger charge is 2.09. The third kappa shape index (κ3) is 3.90. The van der Waals surface area contributed by atoms with Crippen molar-refractivity contribution in [3.8, 4) is 5.75 Å². The van der Waals surface area contributed by atoms with E-state index in [1.165, 1.54) is 11.3 Å². The number of amides is 2. The summed E-state index contributed by atoms with van der Waals surface area (Å²) in [5, 5.41) is 6.69. The summed E-state index contributed by atoms with van der Waals surface area (Å²) in [4.78, 5) is 16.4. The van der Waals surface area contributed by atoms with Crippen LogP contribution in [0, 0.1) is 0 Å². The Hall–Kier alpha value is -2.02. The normalized spacial score (nSPS) is 10.6. The van der Waals surface area contributed by atoms with Crippen LogP contribution in [0.15, 0.2) is 36.4 Å². The van der Waals surface area contributed by atoms with Crippen LogP contribution in [0.25, 0.3) is 10.2 Å². The van der Waals surface area contributed by atoms with Crippen molar-refractivity contribution < 1.29 is 9.53 Å². The van der Waals surface area contributed by atoms with Gasteiger partial charge in [0.25, 0.3) is 0 Å². The molecule has 2 N–H and O–H groups in total. The number of nitrogens with zero attached hydrogens (tertiary/aromatic N) is 1. The lowest BCUT2D eigenvalue weighted by Gasteiger charge is -2.06. The summed E-state index contributed by atoms with van der Waals surface area (Å²) in [6, 6.07) is 10.1. The molecule has 0 spiro atoms. The van der Waals surface area contributed by atoms with E-state index in [1.54, 1.807) is 18.2 Å². The van der Waals surface area contributed by atoms with Gasteiger partial charge in [0.05, 0.1) is 26.9 Å². The van der Waals surface area contributed by atoms with Gasteiger partial charge in [-0.25, -0.2) is 9.78 Å². The van der Waals surface area contributed by atoms with Crippen LogP contribution in [0.4, 0.5) is 15.6 Å². The fraction of sp³-hybridized carbons (Fsp3) is 0.125. The molecule has 0 bridgehead atoms. The van der Waals surface area contributed by atoms with E-state index in [0.29, 0.717) is 27.5 Å². The van der Waals surface area contributed by atoms with Crippen molar-refractivity contribution in [2.75, 3.05) is 17.2 Å². The number of benzene rings is 2. The molecule has 0 aliphatic rings. The van der Waals surface area contributed by atoms with Gasteiger partial charge in [0.2, 0.25) is 0 Å². The molecule has 124 valence electrons. The number of carbonyl (C=O) groups excluding carboxylic acids is 1. The molecule has 5 nitrogen and oxygen atoms in total. The minimum absolute atomic E-state index is 0.373. The number of anilines is 2. The maximum absolute atomic E-state index is 12.1. The van der Waals surface area contributed by atoms with Gasteiger partial charge in [-0.15, -0.1) is 0 Å².